The molecule has 3 heterocycles. The molecule has 144 valence electrons. The van der Waals surface area contributed by atoms with Gasteiger partial charge >= 0.3 is 5.97 Å². The van der Waals surface area contributed by atoms with Crippen LogP contribution in [0.1, 0.15) is 17.0 Å². The number of rotatable bonds is 5. The molecular formula is C20H18N2O5S. The van der Waals surface area contributed by atoms with Gasteiger partial charge in [0.25, 0.3) is 0 Å². The third-order valence-corrected chi connectivity index (χ3v) is 5.40. The number of nitrogens with one attached hydrogen (secondary N) is 1. The van der Waals surface area contributed by atoms with Crippen molar-refractivity contribution < 1.29 is 23.8 Å². The SMILES string of the molecule is Cc1oc(-c2ccsc2)nc1CC(=O)NC1(C(=O)O)COc2ccccc2C1. The number of benzene rings is 1. The molecule has 1 atom stereocenters. The van der Waals surface area contributed by atoms with E-state index in [1.54, 1.807) is 19.1 Å². The minimum Gasteiger partial charge on any atom is -0.490 e. The molecule has 0 bridgehead atoms. The Balaban J connectivity index is 1.52. The number of aryl methyl sites for hydroxylation is 1. The van der Waals surface area contributed by atoms with Gasteiger partial charge in [-0.1, -0.05) is 18.2 Å². The molecule has 0 fully saturated rings. The highest BCUT2D eigenvalue weighted by Crippen LogP contribution is 2.30. The molecule has 28 heavy (non-hydrogen) atoms. The summed E-state index contributed by atoms with van der Waals surface area (Å²) in [6.45, 7) is 1.60. The van der Waals surface area contributed by atoms with Crippen molar-refractivity contribution in [2.45, 2.75) is 25.3 Å². The second kappa shape index (κ2) is 7.12. The normalized spacial score (nSPS) is 18.2. The number of aromatic nitrogens is 1. The van der Waals surface area contributed by atoms with Crippen LogP contribution in [0.5, 0.6) is 5.75 Å². The summed E-state index contributed by atoms with van der Waals surface area (Å²) in [5, 5.41) is 16.3. The van der Waals surface area contributed by atoms with E-state index in [4.69, 9.17) is 9.15 Å². The van der Waals surface area contributed by atoms with Crippen LogP contribution in [-0.4, -0.2) is 34.1 Å². The van der Waals surface area contributed by atoms with E-state index in [1.165, 1.54) is 11.3 Å². The van der Waals surface area contributed by atoms with Gasteiger partial charge in [0.2, 0.25) is 11.8 Å². The van der Waals surface area contributed by atoms with Crippen LogP contribution < -0.4 is 10.1 Å². The van der Waals surface area contributed by atoms with Gasteiger partial charge in [-0.2, -0.15) is 11.3 Å². The molecule has 0 aliphatic carbocycles. The van der Waals surface area contributed by atoms with Gasteiger partial charge in [0.05, 0.1) is 12.1 Å². The Kier molecular flexibility index (Phi) is 4.64. The molecule has 0 radical (unpaired) electrons. The Morgan fingerprint density at radius 3 is 2.89 bits per heavy atom. The first-order chi connectivity index (χ1) is 13.5. The molecule has 0 spiro atoms. The fourth-order valence-corrected chi connectivity index (χ4v) is 3.83. The molecule has 0 saturated heterocycles. The van der Waals surface area contributed by atoms with Gasteiger partial charge in [-0.25, -0.2) is 9.78 Å². The van der Waals surface area contributed by atoms with Crippen LogP contribution in [0, 0.1) is 6.92 Å². The Bertz CT molecular complexity index is 1030. The average molecular weight is 398 g/mol. The summed E-state index contributed by atoms with van der Waals surface area (Å²) in [6, 6.07) is 9.10. The molecule has 2 N–H and O–H groups in total. The number of oxazole rings is 1. The number of nitrogens with zero attached hydrogens (tertiary/aromatic N) is 1. The van der Waals surface area contributed by atoms with Crippen LogP contribution in [0.3, 0.4) is 0 Å². The van der Waals surface area contributed by atoms with E-state index in [0.717, 1.165) is 11.1 Å². The second-order valence-corrected chi connectivity index (χ2v) is 7.50. The average Bonchev–Trinajstić information content (AvgIpc) is 3.32. The van der Waals surface area contributed by atoms with Crippen molar-refractivity contribution in [1.29, 1.82) is 0 Å². The standard InChI is InChI=1S/C20H18N2O5S/c1-12-15(21-18(27-12)14-6-7-28-10-14)8-17(23)22-20(19(24)25)9-13-4-2-3-5-16(13)26-11-20/h2-7,10H,8-9,11H2,1H3,(H,22,23)(H,24,25). The Hall–Kier alpha value is -3.13. The zero-order valence-electron chi connectivity index (χ0n) is 15.1. The van der Waals surface area contributed by atoms with Gasteiger partial charge in [0.1, 0.15) is 18.1 Å². The number of carboxylic acid groups (broad SMARTS) is 1. The molecule has 1 aliphatic heterocycles. The number of carboxylic acids is 1. The van der Waals surface area contributed by atoms with Gasteiger partial charge in [0.15, 0.2) is 5.54 Å². The van der Waals surface area contributed by atoms with Crippen molar-refractivity contribution in [2.24, 2.45) is 0 Å². The van der Waals surface area contributed by atoms with E-state index in [2.05, 4.69) is 10.3 Å². The molecule has 2 aromatic heterocycles. The lowest BCUT2D eigenvalue weighted by Gasteiger charge is -2.35. The molecule has 1 amide bonds. The molecule has 4 rings (SSSR count). The Morgan fingerprint density at radius 2 is 2.14 bits per heavy atom. The van der Waals surface area contributed by atoms with Crippen LogP contribution in [-0.2, 0) is 22.4 Å². The predicted molar refractivity (Wildman–Crippen MR) is 102 cm³/mol. The Morgan fingerprint density at radius 1 is 1.32 bits per heavy atom. The monoisotopic (exact) mass is 398 g/mol. The van der Waals surface area contributed by atoms with E-state index in [-0.39, 0.29) is 19.4 Å². The molecule has 3 aromatic rings. The van der Waals surface area contributed by atoms with Crippen molar-refractivity contribution >= 4 is 23.2 Å². The molecular weight excluding hydrogens is 380 g/mol. The van der Waals surface area contributed by atoms with Crippen molar-refractivity contribution in [3.05, 3.63) is 58.1 Å². The zero-order valence-corrected chi connectivity index (χ0v) is 15.9. The fourth-order valence-electron chi connectivity index (χ4n) is 3.20. The number of fused-ring (bicyclic) bond motifs is 1. The number of aliphatic carboxylic acids is 1. The topological polar surface area (TPSA) is 102 Å². The number of hydrogen-bond donors (Lipinski definition) is 2. The lowest BCUT2D eigenvalue weighted by atomic mass is 9.88. The van der Waals surface area contributed by atoms with E-state index in [1.807, 2.05) is 29.0 Å². The summed E-state index contributed by atoms with van der Waals surface area (Å²) < 4.78 is 11.2. The first kappa shape index (κ1) is 18.2. The maximum absolute atomic E-state index is 12.6. The number of carbonyl (C=O) groups is 2. The predicted octanol–water partition coefficient (Wildman–Crippen LogP) is 2.83. The fraction of sp³-hybridized carbons (Fsp3) is 0.250. The molecule has 1 aliphatic rings. The summed E-state index contributed by atoms with van der Waals surface area (Å²) in [7, 11) is 0. The molecule has 1 unspecified atom stereocenters. The first-order valence-electron chi connectivity index (χ1n) is 8.71. The van der Waals surface area contributed by atoms with Crippen molar-refractivity contribution in [2.75, 3.05) is 6.61 Å². The molecule has 0 saturated carbocycles. The highest BCUT2D eigenvalue weighted by Gasteiger charge is 2.44. The molecule has 7 nitrogen and oxygen atoms in total. The Labute approximate surface area is 165 Å². The second-order valence-electron chi connectivity index (χ2n) is 6.72. The highest BCUT2D eigenvalue weighted by molar-refractivity contribution is 7.08. The number of hydrogen-bond acceptors (Lipinski definition) is 6. The quantitative estimate of drug-likeness (QED) is 0.685. The zero-order chi connectivity index (χ0) is 19.7. The van der Waals surface area contributed by atoms with Crippen molar-refractivity contribution in [3.63, 3.8) is 0 Å². The number of ether oxygens (including phenoxy) is 1. The summed E-state index contributed by atoms with van der Waals surface area (Å²) >= 11 is 1.53. The number of thiophene rings is 1. The highest BCUT2D eigenvalue weighted by atomic mass is 32.1. The van der Waals surface area contributed by atoms with Crippen molar-refractivity contribution in [3.8, 4) is 17.2 Å². The maximum atomic E-state index is 12.6. The smallest absolute Gasteiger partial charge is 0.333 e. The van der Waals surface area contributed by atoms with E-state index in [9.17, 15) is 14.7 Å². The molecule has 8 heteroatoms. The van der Waals surface area contributed by atoms with Gasteiger partial charge < -0.3 is 19.6 Å². The van der Waals surface area contributed by atoms with E-state index < -0.39 is 17.4 Å². The lowest BCUT2D eigenvalue weighted by Crippen LogP contribution is -2.61. The van der Waals surface area contributed by atoms with Crippen LogP contribution in [0.2, 0.25) is 0 Å². The van der Waals surface area contributed by atoms with Crippen LogP contribution in [0.25, 0.3) is 11.5 Å². The maximum Gasteiger partial charge on any atom is 0.333 e. The van der Waals surface area contributed by atoms with Crippen LogP contribution in [0.4, 0.5) is 0 Å². The summed E-state index contributed by atoms with van der Waals surface area (Å²) in [5.74, 6) is 0.0432. The third-order valence-electron chi connectivity index (χ3n) is 4.72. The van der Waals surface area contributed by atoms with Crippen molar-refractivity contribution in [1.82, 2.24) is 10.3 Å². The molecule has 1 aromatic carbocycles. The van der Waals surface area contributed by atoms with Gasteiger partial charge in [-0.15, -0.1) is 0 Å². The van der Waals surface area contributed by atoms with E-state index >= 15 is 0 Å². The minimum atomic E-state index is -1.51. The summed E-state index contributed by atoms with van der Waals surface area (Å²) in [6.07, 6.45) is 0.0817. The number of carbonyl (C=O) groups excluding carboxylic acids is 1. The van der Waals surface area contributed by atoms with Gasteiger partial charge in [-0.3, -0.25) is 4.79 Å². The van der Waals surface area contributed by atoms with Gasteiger partial charge in [0, 0.05) is 17.4 Å². The van der Waals surface area contributed by atoms with Gasteiger partial charge in [-0.05, 0) is 30.0 Å². The lowest BCUT2D eigenvalue weighted by molar-refractivity contribution is -0.149. The first-order valence-corrected chi connectivity index (χ1v) is 9.65. The minimum absolute atomic E-state index is 0.0733. The van der Waals surface area contributed by atoms with Crippen LogP contribution >= 0.6 is 11.3 Å². The largest absolute Gasteiger partial charge is 0.490 e. The van der Waals surface area contributed by atoms with E-state index in [0.29, 0.717) is 23.1 Å². The number of para-hydroxylation sites is 1. The van der Waals surface area contributed by atoms with Crippen LogP contribution in [0.15, 0.2) is 45.5 Å². The third kappa shape index (κ3) is 3.38. The summed E-state index contributed by atoms with van der Waals surface area (Å²) in [5.41, 5.74) is 0.559. The number of amides is 1. The summed E-state index contributed by atoms with van der Waals surface area (Å²) in [4.78, 5) is 29.0.